The van der Waals surface area contributed by atoms with Crippen molar-refractivity contribution in [3.8, 4) is 0 Å². The number of hydrogen-bond donors (Lipinski definition) is 1. The summed E-state index contributed by atoms with van der Waals surface area (Å²) in [6.07, 6.45) is 3.67. The van der Waals surface area contributed by atoms with Crippen molar-refractivity contribution >= 4 is 15.7 Å². The molecule has 2 rings (SSSR count). The first-order valence-corrected chi connectivity index (χ1v) is 8.96. The van der Waals surface area contributed by atoms with Crippen LogP contribution in [0, 0.1) is 5.92 Å². The molecule has 0 saturated heterocycles. The molecular formula is C15H21NO3S. The van der Waals surface area contributed by atoms with Crippen LogP contribution in [-0.2, 0) is 27.5 Å². The third kappa shape index (κ3) is 4.07. The van der Waals surface area contributed by atoms with Gasteiger partial charge in [-0.25, -0.2) is 8.42 Å². The Morgan fingerprint density at radius 1 is 1.35 bits per heavy atom. The van der Waals surface area contributed by atoms with Gasteiger partial charge in [0.15, 0.2) is 0 Å². The van der Waals surface area contributed by atoms with E-state index in [-0.39, 0.29) is 23.6 Å². The predicted octanol–water partition coefficient (Wildman–Crippen LogP) is 1.34. The third-order valence-electron chi connectivity index (χ3n) is 3.66. The van der Waals surface area contributed by atoms with E-state index >= 15 is 0 Å². The monoisotopic (exact) mass is 295 g/mol. The summed E-state index contributed by atoms with van der Waals surface area (Å²) in [7, 11) is -3.06. The van der Waals surface area contributed by atoms with E-state index in [2.05, 4.69) is 17.4 Å². The van der Waals surface area contributed by atoms with E-state index in [0.717, 1.165) is 19.3 Å². The number of benzene rings is 1. The van der Waals surface area contributed by atoms with Gasteiger partial charge in [-0.1, -0.05) is 24.3 Å². The van der Waals surface area contributed by atoms with Gasteiger partial charge in [-0.2, -0.15) is 0 Å². The third-order valence-corrected chi connectivity index (χ3v) is 4.76. The standard InChI is InChI=1S/C15H21NO3S/c1-11(10-20(2,18)19)16-15(17)14-8-7-12-5-3-4-6-13(12)9-14/h3-6,11,14H,7-10H2,1-2H3,(H,16,17). The van der Waals surface area contributed by atoms with Crippen LogP contribution in [0.1, 0.15) is 24.5 Å². The Bertz CT molecular complexity index is 595. The summed E-state index contributed by atoms with van der Waals surface area (Å²) >= 11 is 0. The van der Waals surface area contributed by atoms with E-state index < -0.39 is 9.84 Å². The molecule has 1 amide bonds. The zero-order valence-corrected chi connectivity index (χ0v) is 12.7. The molecule has 1 aromatic rings. The molecule has 2 unspecified atom stereocenters. The van der Waals surface area contributed by atoms with Crippen LogP contribution in [0.2, 0.25) is 0 Å². The second kappa shape index (κ2) is 5.95. The number of carbonyl (C=O) groups is 1. The molecule has 4 nitrogen and oxygen atoms in total. The Morgan fingerprint density at radius 2 is 2.00 bits per heavy atom. The van der Waals surface area contributed by atoms with Crippen molar-refractivity contribution in [3.63, 3.8) is 0 Å². The molecule has 20 heavy (non-hydrogen) atoms. The molecular weight excluding hydrogens is 274 g/mol. The Balaban J connectivity index is 1.95. The predicted molar refractivity (Wildman–Crippen MR) is 79.3 cm³/mol. The molecule has 0 saturated carbocycles. The van der Waals surface area contributed by atoms with E-state index in [1.165, 1.54) is 17.4 Å². The number of amides is 1. The second-order valence-corrected chi connectivity index (χ2v) is 7.90. The zero-order valence-electron chi connectivity index (χ0n) is 11.9. The minimum absolute atomic E-state index is 0.0119. The number of aryl methyl sites for hydroxylation is 1. The summed E-state index contributed by atoms with van der Waals surface area (Å²) in [6, 6.07) is 7.85. The molecule has 0 heterocycles. The number of fused-ring (bicyclic) bond motifs is 1. The summed E-state index contributed by atoms with van der Waals surface area (Å²) in [6.45, 7) is 1.73. The summed E-state index contributed by atoms with van der Waals surface area (Å²) < 4.78 is 22.4. The molecule has 0 bridgehead atoms. The van der Waals surface area contributed by atoms with Crippen molar-refractivity contribution in [3.05, 3.63) is 35.4 Å². The number of sulfone groups is 1. The molecule has 2 atom stereocenters. The van der Waals surface area contributed by atoms with Gasteiger partial charge in [0.25, 0.3) is 0 Å². The first-order chi connectivity index (χ1) is 9.35. The van der Waals surface area contributed by atoms with Gasteiger partial charge in [0.2, 0.25) is 5.91 Å². The first kappa shape index (κ1) is 15.0. The SMILES string of the molecule is CC(CS(C)(=O)=O)NC(=O)C1CCc2ccccc2C1. The molecule has 0 aliphatic heterocycles. The highest BCUT2D eigenvalue weighted by Gasteiger charge is 2.25. The topological polar surface area (TPSA) is 63.2 Å². The van der Waals surface area contributed by atoms with Gasteiger partial charge in [0.1, 0.15) is 9.84 Å². The zero-order chi connectivity index (χ0) is 14.8. The lowest BCUT2D eigenvalue weighted by atomic mass is 9.83. The quantitative estimate of drug-likeness (QED) is 0.912. The molecule has 5 heteroatoms. The summed E-state index contributed by atoms with van der Waals surface area (Å²) in [5.41, 5.74) is 2.55. The fourth-order valence-corrected chi connectivity index (χ4v) is 3.77. The van der Waals surface area contributed by atoms with Crippen molar-refractivity contribution in [1.29, 1.82) is 0 Å². The summed E-state index contributed by atoms with van der Waals surface area (Å²) in [4.78, 5) is 12.2. The molecule has 1 aliphatic rings. The van der Waals surface area contributed by atoms with Gasteiger partial charge in [0, 0.05) is 18.2 Å². The van der Waals surface area contributed by atoms with Crippen LogP contribution in [0.25, 0.3) is 0 Å². The molecule has 1 aliphatic carbocycles. The molecule has 0 radical (unpaired) electrons. The van der Waals surface area contributed by atoms with Gasteiger partial charge < -0.3 is 5.32 Å². The normalized spacial score (nSPS) is 20.0. The highest BCUT2D eigenvalue weighted by Crippen LogP contribution is 2.25. The lowest BCUT2D eigenvalue weighted by molar-refractivity contribution is -0.125. The van der Waals surface area contributed by atoms with Crippen molar-refractivity contribution in [2.45, 2.75) is 32.2 Å². The Hall–Kier alpha value is -1.36. The Kier molecular flexibility index (Phi) is 4.48. The van der Waals surface area contributed by atoms with E-state index in [1.54, 1.807) is 6.92 Å². The van der Waals surface area contributed by atoms with Crippen molar-refractivity contribution in [2.24, 2.45) is 5.92 Å². The molecule has 1 N–H and O–H groups in total. The van der Waals surface area contributed by atoms with Crippen LogP contribution >= 0.6 is 0 Å². The van der Waals surface area contributed by atoms with Gasteiger partial charge in [-0.3, -0.25) is 4.79 Å². The van der Waals surface area contributed by atoms with Gasteiger partial charge in [-0.15, -0.1) is 0 Å². The lowest BCUT2D eigenvalue weighted by Gasteiger charge is -2.25. The molecule has 0 fully saturated rings. The summed E-state index contributed by atoms with van der Waals surface area (Å²) in [5.74, 6) is -0.0928. The van der Waals surface area contributed by atoms with Crippen molar-refractivity contribution in [2.75, 3.05) is 12.0 Å². The van der Waals surface area contributed by atoms with Crippen LogP contribution in [0.15, 0.2) is 24.3 Å². The highest BCUT2D eigenvalue weighted by atomic mass is 32.2. The molecule has 0 spiro atoms. The fourth-order valence-electron chi connectivity index (χ4n) is 2.78. The highest BCUT2D eigenvalue weighted by molar-refractivity contribution is 7.90. The minimum atomic E-state index is -3.06. The fraction of sp³-hybridized carbons (Fsp3) is 0.533. The van der Waals surface area contributed by atoms with Gasteiger partial charge >= 0.3 is 0 Å². The van der Waals surface area contributed by atoms with Crippen LogP contribution in [0.5, 0.6) is 0 Å². The second-order valence-electron chi connectivity index (χ2n) is 5.71. The van der Waals surface area contributed by atoms with E-state index in [9.17, 15) is 13.2 Å². The average molecular weight is 295 g/mol. The van der Waals surface area contributed by atoms with Crippen LogP contribution < -0.4 is 5.32 Å². The average Bonchev–Trinajstić information content (AvgIpc) is 2.35. The number of hydrogen-bond acceptors (Lipinski definition) is 3. The van der Waals surface area contributed by atoms with Crippen molar-refractivity contribution < 1.29 is 13.2 Å². The maximum Gasteiger partial charge on any atom is 0.223 e. The minimum Gasteiger partial charge on any atom is -0.352 e. The van der Waals surface area contributed by atoms with E-state index in [0.29, 0.717) is 0 Å². The van der Waals surface area contributed by atoms with Crippen molar-refractivity contribution in [1.82, 2.24) is 5.32 Å². The number of carbonyl (C=O) groups excluding carboxylic acids is 1. The largest absolute Gasteiger partial charge is 0.352 e. The number of nitrogens with one attached hydrogen (secondary N) is 1. The Labute approximate surface area is 120 Å². The molecule has 0 aromatic heterocycles. The van der Waals surface area contributed by atoms with Gasteiger partial charge in [0.05, 0.1) is 5.75 Å². The van der Waals surface area contributed by atoms with Crippen LogP contribution in [0.4, 0.5) is 0 Å². The number of rotatable bonds is 4. The summed E-state index contributed by atoms with van der Waals surface area (Å²) in [5, 5.41) is 2.82. The molecule has 1 aromatic carbocycles. The van der Waals surface area contributed by atoms with E-state index in [4.69, 9.17) is 0 Å². The lowest BCUT2D eigenvalue weighted by Crippen LogP contribution is -2.42. The van der Waals surface area contributed by atoms with Crippen LogP contribution in [-0.4, -0.2) is 32.4 Å². The maximum absolute atomic E-state index is 12.2. The molecule has 110 valence electrons. The smallest absolute Gasteiger partial charge is 0.223 e. The van der Waals surface area contributed by atoms with Crippen LogP contribution in [0.3, 0.4) is 0 Å². The maximum atomic E-state index is 12.2. The Morgan fingerprint density at radius 3 is 2.65 bits per heavy atom. The first-order valence-electron chi connectivity index (χ1n) is 6.90. The van der Waals surface area contributed by atoms with Gasteiger partial charge in [-0.05, 0) is 37.3 Å². The van der Waals surface area contributed by atoms with E-state index in [1.807, 2.05) is 12.1 Å².